The molecular formula is C16H9BrI2N2O2. The summed E-state index contributed by atoms with van der Waals surface area (Å²) in [6.07, 6.45) is 1.50. The first-order valence-electron chi connectivity index (χ1n) is 6.27. The first-order valence-corrected chi connectivity index (χ1v) is 9.22. The van der Waals surface area contributed by atoms with Crippen molar-refractivity contribution in [3.63, 3.8) is 0 Å². The third-order valence-electron chi connectivity index (χ3n) is 2.82. The molecule has 0 aliphatic carbocycles. The Morgan fingerprint density at radius 1 is 1.22 bits per heavy atom. The van der Waals surface area contributed by atoms with E-state index in [1.54, 1.807) is 36.4 Å². The molecule has 23 heavy (non-hydrogen) atoms. The van der Waals surface area contributed by atoms with Gasteiger partial charge < -0.3 is 10.4 Å². The first-order chi connectivity index (χ1) is 10.9. The maximum atomic E-state index is 12.2. The van der Waals surface area contributed by atoms with Gasteiger partial charge in [0.1, 0.15) is 17.4 Å². The summed E-state index contributed by atoms with van der Waals surface area (Å²) in [5.74, 6) is -0.283. The third-order valence-corrected chi connectivity index (χ3v) is 4.99. The third kappa shape index (κ3) is 4.92. The number of hydrogen-bond donors (Lipinski definition) is 2. The van der Waals surface area contributed by atoms with Crippen molar-refractivity contribution in [3.8, 4) is 11.8 Å². The number of hydrogen-bond acceptors (Lipinski definition) is 3. The van der Waals surface area contributed by atoms with E-state index in [0.29, 0.717) is 18.4 Å². The molecule has 0 atom stereocenters. The van der Waals surface area contributed by atoms with Crippen LogP contribution in [0.2, 0.25) is 0 Å². The molecular weight excluding hydrogens is 586 g/mol. The molecule has 0 heterocycles. The number of nitrogens with zero attached hydrogens (tertiary/aromatic N) is 1. The van der Waals surface area contributed by atoms with Crippen molar-refractivity contribution in [1.29, 1.82) is 5.26 Å². The molecule has 0 aliphatic heterocycles. The minimum absolute atomic E-state index is 0.00907. The summed E-state index contributed by atoms with van der Waals surface area (Å²) in [7, 11) is 0. The van der Waals surface area contributed by atoms with E-state index in [-0.39, 0.29) is 11.3 Å². The van der Waals surface area contributed by atoms with Crippen LogP contribution in [0.1, 0.15) is 5.56 Å². The molecule has 2 rings (SSSR count). The van der Waals surface area contributed by atoms with E-state index in [4.69, 9.17) is 0 Å². The first kappa shape index (κ1) is 18.2. The zero-order valence-corrected chi connectivity index (χ0v) is 17.4. The molecule has 0 unspecified atom stereocenters. The van der Waals surface area contributed by atoms with E-state index in [1.165, 1.54) is 6.08 Å². The van der Waals surface area contributed by atoms with Crippen LogP contribution in [0.4, 0.5) is 5.69 Å². The zero-order valence-electron chi connectivity index (χ0n) is 11.5. The number of benzene rings is 2. The maximum Gasteiger partial charge on any atom is 0.266 e. The van der Waals surface area contributed by atoms with Gasteiger partial charge in [0.05, 0.1) is 7.14 Å². The second-order valence-corrected chi connectivity index (χ2v) is 7.70. The lowest BCUT2D eigenvalue weighted by atomic mass is 10.1. The Balaban J connectivity index is 2.26. The summed E-state index contributed by atoms with van der Waals surface area (Å²) in [5, 5.41) is 21.7. The highest BCUT2D eigenvalue weighted by atomic mass is 127. The number of halogens is 3. The van der Waals surface area contributed by atoms with Gasteiger partial charge in [0.25, 0.3) is 5.91 Å². The highest BCUT2D eigenvalue weighted by Gasteiger charge is 2.11. The number of phenols is 1. The number of aromatic hydroxyl groups is 1. The number of carbonyl (C=O) groups excluding carboxylic acids is 1. The molecule has 2 aromatic carbocycles. The SMILES string of the molecule is N#C/C(=C/c1cc(I)c(O)c(I)c1)C(=O)Nc1ccc(Br)cc1. The molecule has 0 saturated carbocycles. The topological polar surface area (TPSA) is 73.1 Å². The number of nitriles is 1. The van der Waals surface area contributed by atoms with E-state index in [0.717, 1.165) is 4.47 Å². The molecule has 116 valence electrons. The van der Waals surface area contributed by atoms with Crippen LogP contribution in [-0.4, -0.2) is 11.0 Å². The number of anilines is 1. The minimum atomic E-state index is -0.479. The number of nitrogens with one attached hydrogen (secondary N) is 1. The quantitative estimate of drug-likeness (QED) is 0.301. The fraction of sp³-hybridized carbons (Fsp3) is 0. The van der Waals surface area contributed by atoms with E-state index in [9.17, 15) is 15.2 Å². The van der Waals surface area contributed by atoms with Crippen LogP contribution in [0, 0.1) is 18.5 Å². The van der Waals surface area contributed by atoms with Crippen LogP contribution < -0.4 is 5.32 Å². The molecule has 2 aromatic rings. The van der Waals surface area contributed by atoms with Gasteiger partial charge in [-0.3, -0.25) is 4.79 Å². The number of amides is 1. The van der Waals surface area contributed by atoms with Gasteiger partial charge in [-0.15, -0.1) is 0 Å². The summed E-state index contributed by atoms with van der Waals surface area (Å²) in [6.45, 7) is 0. The van der Waals surface area contributed by atoms with Crippen LogP contribution in [0.15, 0.2) is 46.4 Å². The van der Waals surface area contributed by atoms with Crippen LogP contribution >= 0.6 is 61.1 Å². The number of rotatable bonds is 3. The highest BCUT2D eigenvalue weighted by Crippen LogP contribution is 2.28. The van der Waals surface area contributed by atoms with Crippen molar-refractivity contribution in [2.45, 2.75) is 0 Å². The lowest BCUT2D eigenvalue weighted by Crippen LogP contribution is -2.13. The molecule has 0 aromatic heterocycles. The molecule has 1 amide bonds. The molecule has 0 bridgehead atoms. The van der Waals surface area contributed by atoms with E-state index < -0.39 is 5.91 Å². The maximum absolute atomic E-state index is 12.2. The van der Waals surface area contributed by atoms with Gasteiger partial charge in [-0.25, -0.2) is 0 Å². The van der Waals surface area contributed by atoms with Crippen molar-refractivity contribution in [1.82, 2.24) is 0 Å². The van der Waals surface area contributed by atoms with Crippen molar-refractivity contribution >= 4 is 78.8 Å². The number of phenolic OH excluding ortho intramolecular Hbond substituents is 1. The van der Waals surface area contributed by atoms with Gasteiger partial charge in [-0.1, -0.05) is 15.9 Å². The van der Waals surface area contributed by atoms with Gasteiger partial charge in [-0.05, 0) is 93.2 Å². The number of carbonyl (C=O) groups is 1. The fourth-order valence-electron chi connectivity index (χ4n) is 1.72. The van der Waals surface area contributed by atoms with Crippen molar-refractivity contribution in [2.75, 3.05) is 5.32 Å². The Bertz CT molecular complexity index is 804. The second kappa shape index (κ2) is 8.12. The van der Waals surface area contributed by atoms with Crippen LogP contribution in [-0.2, 0) is 4.79 Å². The summed E-state index contributed by atoms with van der Waals surface area (Å²) >= 11 is 7.32. The molecule has 2 N–H and O–H groups in total. The molecule has 4 nitrogen and oxygen atoms in total. The molecule has 0 saturated heterocycles. The average Bonchev–Trinajstić information content (AvgIpc) is 2.52. The normalized spacial score (nSPS) is 11.0. The van der Waals surface area contributed by atoms with Crippen LogP contribution in [0.25, 0.3) is 6.08 Å². The lowest BCUT2D eigenvalue weighted by Gasteiger charge is -2.06. The predicted molar refractivity (Wildman–Crippen MR) is 110 cm³/mol. The fourth-order valence-corrected chi connectivity index (χ4v) is 3.80. The summed E-state index contributed by atoms with van der Waals surface area (Å²) < 4.78 is 2.22. The lowest BCUT2D eigenvalue weighted by molar-refractivity contribution is -0.112. The van der Waals surface area contributed by atoms with Gasteiger partial charge in [0.2, 0.25) is 0 Å². The van der Waals surface area contributed by atoms with Gasteiger partial charge >= 0.3 is 0 Å². The molecule has 7 heteroatoms. The van der Waals surface area contributed by atoms with E-state index in [2.05, 4.69) is 21.2 Å². The van der Waals surface area contributed by atoms with Crippen molar-refractivity contribution in [3.05, 3.63) is 59.1 Å². The minimum Gasteiger partial charge on any atom is -0.506 e. The summed E-state index contributed by atoms with van der Waals surface area (Å²) in [5.41, 5.74) is 1.28. The van der Waals surface area contributed by atoms with E-state index >= 15 is 0 Å². The van der Waals surface area contributed by atoms with E-state index in [1.807, 2.05) is 51.3 Å². The summed E-state index contributed by atoms with van der Waals surface area (Å²) in [4.78, 5) is 12.2. The Morgan fingerprint density at radius 2 is 1.78 bits per heavy atom. The largest absolute Gasteiger partial charge is 0.506 e. The van der Waals surface area contributed by atoms with Gasteiger partial charge in [-0.2, -0.15) is 5.26 Å². The average molecular weight is 595 g/mol. The molecule has 0 aliphatic rings. The molecule has 0 radical (unpaired) electrons. The Hall–Kier alpha value is -1.12. The second-order valence-electron chi connectivity index (χ2n) is 4.46. The standard InChI is InChI=1S/C16H9BrI2N2O2/c17-11-1-3-12(4-2-11)21-16(23)10(8-20)5-9-6-13(18)15(22)14(19)7-9/h1-7,22H,(H,21,23)/b10-5-. The van der Waals surface area contributed by atoms with Crippen molar-refractivity contribution < 1.29 is 9.90 Å². The Morgan fingerprint density at radius 3 is 2.30 bits per heavy atom. The van der Waals surface area contributed by atoms with Crippen LogP contribution in [0.5, 0.6) is 5.75 Å². The monoisotopic (exact) mass is 594 g/mol. The van der Waals surface area contributed by atoms with Crippen LogP contribution in [0.3, 0.4) is 0 Å². The Kier molecular flexibility index (Phi) is 6.43. The van der Waals surface area contributed by atoms with Crippen molar-refractivity contribution in [2.24, 2.45) is 0 Å². The zero-order chi connectivity index (χ0) is 17.0. The molecule has 0 spiro atoms. The van der Waals surface area contributed by atoms with Gasteiger partial charge in [0.15, 0.2) is 0 Å². The Labute approximate surface area is 169 Å². The predicted octanol–water partition coefficient (Wildman–Crippen LogP) is 4.91. The summed E-state index contributed by atoms with van der Waals surface area (Å²) in [6, 6.07) is 12.4. The molecule has 0 fully saturated rings. The highest BCUT2D eigenvalue weighted by molar-refractivity contribution is 14.1. The van der Waals surface area contributed by atoms with Gasteiger partial charge in [0, 0.05) is 10.2 Å². The smallest absolute Gasteiger partial charge is 0.266 e.